The average molecular weight is 248 g/mol. The smallest absolute Gasteiger partial charge is 0.128 e. The van der Waals surface area contributed by atoms with E-state index >= 15 is 0 Å². The Balaban J connectivity index is 1.88. The maximum atomic E-state index is 13.8. The number of nitrogens with zero attached hydrogens (tertiary/aromatic N) is 2. The van der Waals surface area contributed by atoms with E-state index in [4.69, 9.17) is 0 Å². The number of rotatable bonds is 1. The van der Waals surface area contributed by atoms with Gasteiger partial charge in [0, 0.05) is 30.9 Å². The van der Waals surface area contributed by atoms with Crippen LogP contribution in [0.3, 0.4) is 0 Å². The summed E-state index contributed by atoms with van der Waals surface area (Å²) in [6.45, 7) is 5.92. The molecule has 0 radical (unpaired) electrons. The van der Waals surface area contributed by atoms with Crippen LogP contribution >= 0.6 is 0 Å². The number of piperazine rings is 1. The molecule has 2 heterocycles. The molecule has 3 heteroatoms. The molecule has 1 aromatic carbocycles. The number of anilines is 1. The third-order valence-electron chi connectivity index (χ3n) is 4.80. The molecule has 2 atom stereocenters. The molecule has 18 heavy (non-hydrogen) atoms. The summed E-state index contributed by atoms with van der Waals surface area (Å²) in [5.41, 5.74) is 2.88. The molecule has 1 aromatic rings. The van der Waals surface area contributed by atoms with Gasteiger partial charge in [-0.25, -0.2) is 4.39 Å². The van der Waals surface area contributed by atoms with Crippen molar-refractivity contribution in [2.75, 3.05) is 25.0 Å². The van der Waals surface area contributed by atoms with E-state index in [1.54, 1.807) is 6.07 Å². The molecule has 2 aliphatic rings. The standard InChI is InChI=1S/C15H21FN2/c1-10-6-14(7-15(16)11(10)2)18-8-12-4-5-13(9-18)17(12)3/h6-7,12-13H,4-5,8-9H2,1-3H3. The second kappa shape index (κ2) is 4.23. The average Bonchev–Trinajstić information content (AvgIpc) is 2.57. The molecule has 0 amide bonds. The first-order chi connectivity index (χ1) is 8.56. The molecule has 2 fully saturated rings. The predicted molar refractivity (Wildman–Crippen MR) is 72.7 cm³/mol. The number of hydrogen-bond donors (Lipinski definition) is 0. The number of hydrogen-bond acceptors (Lipinski definition) is 2. The molecule has 0 aliphatic carbocycles. The van der Waals surface area contributed by atoms with Crippen molar-refractivity contribution < 1.29 is 4.39 Å². The van der Waals surface area contributed by atoms with Crippen LogP contribution in [0, 0.1) is 19.7 Å². The fourth-order valence-electron chi connectivity index (χ4n) is 3.31. The third kappa shape index (κ3) is 1.81. The predicted octanol–water partition coefficient (Wildman–Crippen LogP) is 2.73. The minimum absolute atomic E-state index is 0.0729. The topological polar surface area (TPSA) is 6.48 Å². The molecule has 3 rings (SSSR count). The molecule has 2 saturated heterocycles. The Bertz CT molecular complexity index is 435. The third-order valence-corrected chi connectivity index (χ3v) is 4.80. The fraction of sp³-hybridized carbons (Fsp3) is 0.600. The van der Waals surface area contributed by atoms with Gasteiger partial charge in [0.1, 0.15) is 5.82 Å². The van der Waals surface area contributed by atoms with Crippen molar-refractivity contribution in [2.45, 2.75) is 38.8 Å². The molecule has 2 nitrogen and oxygen atoms in total. The van der Waals surface area contributed by atoms with Gasteiger partial charge in [0.05, 0.1) is 0 Å². The zero-order valence-electron chi connectivity index (χ0n) is 11.4. The Hall–Kier alpha value is -1.09. The van der Waals surface area contributed by atoms with Crippen molar-refractivity contribution in [1.29, 1.82) is 0 Å². The largest absolute Gasteiger partial charge is 0.368 e. The van der Waals surface area contributed by atoms with Crippen LogP contribution in [-0.2, 0) is 0 Å². The molecular formula is C15H21FN2. The van der Waals surface area contributed by atoms with Gasteiger partial charge >= 0.3 is 0 Å². The van der Waals surface area contributed by atoms with Gasteiger partial charge in [0.15, 0.2) is 0 Å². The van der Waals surface area contributed by atoms with Crippen molar-refractivity contribution in [2.24, 2.45) is 0 Å². The van der Waals surface area contributed by atoms with Gasteiger partial charge in [-0.2, -0.15) is 0 Å². The molecular weight excluding hydrogens is 227 g/mol. The van der Waals surface area contributed by atoms with Gasteiger partial charge in [0.2, 0.25) is 0 Å². The number of likely N-dealkylation sites (N-methyl/N-ethyl adjacent to an activating group) is 1. The lowest BCUT2D eigenvalue weighted by molar-refractivity contribution is 0.212. The fourth-order valence-corrected chi connectivity index (χ4v) is 3.31. The summed E-state index contributed by atoms with van der Waals surface area (Å²) in [5, 5.41) is 0. The van der Waals surface area contributed by atoms with Crippen LogP contribution in [0.1, 0.15) is 24.0 Å². The highest BCUT2D eigenvalue weighted by Crippen LogP contribution is 2.32. The Kier molecular flexibility index (Phi) is 2.81. The summed E-state index contributed by atoms with van der Waals surface area (Å²) in [7, 11) is 2.22. The van der Waals surface area contributed by atoms with E-state index in [1.807, 2.05) is 13.8 Å². The van der Waals surface area contributed by atoms with E-state index in [0.29, 0.717) is 12.1 Å². The van der Waals surface area contributed by atoms with Gasteiger partial charge in [-0.15, -0.1) is 0 Å². The van der Waals surface area contributed by atoms with Crippen LogP contribution in [0.25, 0.3) is 0 Å². The SMILES string of the molecule is Cc1cc(N2CC3CCC(C2)N3C)cc(F)c1C. The van der Waals surface area contributed by atoms with E-state index in [9.17, 15) is 4.39 Å². The molecule has 2 unspecified atom stereocenters. The Morgan fingerprint density at radius 2 is 1.72 bits per heavy atom. The van der Waals surface area contributed by atoms with E-state index in [-0.39, 0.29) is 5.82 Å². The summed E-state index contributed by atoms with van der Waals surface area (Å²) < 4.78 is 13.8. The quantitative estimate of drug-likeness (QED) is 0.754. The van der Waals surface area contributed by atoms with E-state index in [2.05, 4.69) is 22.9 Å². The number of halogens is 1. The van der Waals surface area contributed by atoms with Crippen molar-refractivity contribution in [1.82, 2.24) is 4.90 Å². The summed E-state index contributed by atoms with van der Waals surface area (Å²) in [4.78, 5) is 4.85. The van der Waals surface area contributed by atoms with Crippen molar-refractivity contribution in [3.63, 3.8) is 0 Å². The summed E-state index contributed by atoms with van der Waals surface area (Å²) in [5.74, 6) is -0.0729. The summed E-state index contributed by atoms with van der Waals surface area (Å²) in [6, 6.07) is 5.12. The highest BCUT2D eigenvalue weighted by atomic mass is 19.1. The molecule has 2 aliphatic heterocycles. The molecule has 2 bridgehead atoms. The van der Waals surface area contributed by atoms with Crippen molar-refractivity contribution in [3.05, 3.63) is 29.1 Å². The zero-order valence-corrected chi connectivity index (χ0v) is 11.4. The minimum Gasteiger partial charge on any atom is -0.368 e. The van der Waals surface area contributed by atoms with E-state index in [0.717, 1.165) is 29.9 Å². The van der Waals surface area contributed by atoms with Crippen LogP contribution < -0.4 is 4.90 Å². The van der Waals surface area contributed by atoms with Gasteiger partial charge in [0.25, 0.3) is 0 Å². The van der Waals surface area contributed by atoms with E-state index < -0.39 is 0 Å². The molecule has 0 N–H and O–H groups in total. The summed E-state index contributed by atoms with van der Waals surface area (Å²) in [6.07, 6.45) is 2.57. The highest BCUT2D eigenvalue weighted by molar-refractivity contribution is 5.52. The Morgan fingerprint density at radius 3 is 2.28 bits per heavy atom. The zero-order chi connectivity index (χ0) is 12.9. The monoisotopic (exact) mass is 248 g/mol. The molecule has 0 spiro atoms. The van der Waals surface area contributed by atoms with E-state index in [1.165, 1.54) is 12.8 Å². The lowest BCUT2D eigenvalue weighted by Crippen LogP contribution is -2.52. The van der Waals surface area contributed by atoms with Gasteiger partial charge < -0.3 is 4.90 Å². The van der Waals surface area contributed by atoms with Gasteiger partial charge in [-0.05, 0) is 57.0 Å². The minimum atomic E-state index is -0.0729. The first kappa shape index (κ1) is 12.0. The first-order valence-electron chi connectivity index (χ1n) is 6.80. The number of aryl methyl sites for hydroxylation is 1. The summed E-state index contributed by atoms with van der Waals surface area (Å²) >= 11 is 0. The van der Waals surface area contributed by atoms with Crippen LogP contribution in [0.15, 0.2) is 12.1 Å². The Labute approximate surface area is 108 Å². The maximum absolute atomic E-state index is 13.8. The lowest BCUT2D eigenvalue weighted by Gasteiger charge is -2.40. The molecule has 0 aromatic heterocycles. The first-order valence-corrected chi connectivity index (χ1v) is 6.80. The van der Waals surface area contributed by atoms with Gasteiger partial charge in [-0.1, -0.05) is 0 Å². The normalized spacial score (nSPS) is 27.9. The number of benzene rings is 1. The van der Waals surface area contributed by atoms with Crippen LogP contribution in [-0.4, -0.2) is 37.1 Å². The van der Waals surface area contributed by atoms with Crippen molar-refractivity contribution >= 4 is 5.69 Å². The maximum Gasteiger partial charge on any atom is 0.128 e. The van der Waals surface area contributed by atoms with Crippen LogP contribution in [0.5, 0.6) is 0 Å². The van der Waals surface area contributed by atoms with Crippen molar-refractivity contribution in [3.8, 4) is 0 Å². The highest BCUT2D eigenvalue weighted by Gasteiger charge is 2.37. The van der Waals surface area contributed by atoms with Crippen LogP contribution in [0.4, 0.5) is 10.1 Å². The second-order valence-corrected chi connectivity index (χ2v) is 5.82. The number of fused-ring (bicyclic) bond motifs is 2. The molecule has 0 saturated carbocycles. The van der Waals surface area contributed by atoms with Crippen LogP contribution in [0.2, 0.25) is 0 Å². The molecule has 98 valence electrons. The Morgan fingerprint density at radius 1 is 1.11 bits per heavy atom. The second-order valence-electron chi connectivity index (χ2n) is 5.82. The van der Waals surface area contributed by atoms with Gasteiger partial charge in [-0.3, -0.25) is 4.90 Å². The lowest BCUT2D eigenvalue weighted by atomic mass is 10.1.